The zero-order valence-electron chi connectivity index (χ0n) is 16.6. The first-order chi connectivity index (χ1) is 13.3. The third-order valence-electron chi connectivity index (χ3n) is 4.07. The summed E-state index contributed by atoms with van der Waals surface area (Å²) < 4.78 is 10.4. The third-order valence-corrected chi connectivity index (χ3v) is 4.07. The molecule has 1 aromatic heterocycles. The molecule has 0 radical (unpaired) electrons. The summed E-state index contributed by atoms with van der Waals surface area (Å²) in [4.78, 5) is 29.4. The van der Waals surface area contributed by atoms with E-state index in [2.05, 4.69) is 4.98 Å². The van der Waals surface area contributed by atoms with Crippen LogP contribution in [0.4, 0.5) is 10.5 Å². The summed E-state index contributed by atoms with van der Waals surface area (Å²) in [5.74, 6) is -0.999. The van der Waals surface area contributed by atoms with Gasteiger partial charge >= 0.3 is 12.1 Å². The molecule has 0 saturated carbocycles. The van der Waals surface area contributed by atoms with Crippen molar-refractivity contribution in [1.29, 1.82) is 0 Å². The molecule has 1 aromatic carbocycles. The molecule has 0 bridgehead atoms. The lowest BCUT2D eigenvalue weighted by Gasteiger charge is -2.22. The monoisotopic (exact) mass is 386 g/mol. The number of pyridine rings is 1. The van der Waals surface area contributed by atoms with Gasteiger partial charge in [0.05, 0.1) is 31.6 Å². The van der Waals surface area contributed by atoms with Gasteiger partial charge in [-0.15, -0.1) is 0 Å². The molecule has 1 amide bonds. The average molecular weight is 386 g/mol. The van der Waals surface area contributed by atoms with Gasteiger partial charge in [-0.05, 0) is 44.0 Å². The van der Waals surface area contributed by atoms with E-state index >= 15 is 0 Å². The smallest absolute Gasteiger partial charge is 0.414 e. The van der Waals surface area contributed by atoms with Crippen LogP contribution < -0.4 is 4.90 Å². The molecule has 0 aliphatic rings. The first-order valence-electron chi connectivity index (χ1n) is 9.04. The summed E-state index contributed by atoms with van der Waals surface area (Å²) in [5, 5.41) is 9.37. The van der Waals surface area contributed by atoms with Gasteiger partial charge in [0.15, 0.2) is 6.10 Å². The van der Waals surface area contributed by atoms with E-state index in [9.17, 15) is 14.7 Å². The van der Waals surface area contributed by atoms with Gasteiger partial charge in [-0.2, -0.15) is 0 Å². The molecule has 28 heavy (non-hydrogen) atoms. The minimum Gasteiger partial charge on any atom is -0.479 e. The Kier molecular flexibility index (Phi) is 7.52. The SMILES string of the molecule is COC(=O)N(Cc1cccc(CC(OC(C)C)C(=O)O)c1)c1ccc(C)nc1. The fourth-order valence-electron chi connectivity index (χ4n) is 2.76. The zero-order chi connectivity index (χ0) is 20.7. The predicted molar refractivity (Wildman–Crippen MR) is 105 cm³/mol. The highest BCUT2D eigenvalue weighted by atomic mass is 16.5. The fraction of sp³-hybridized carbons (Fsp3) is 0.381. The summed E-state index contributed by atoms with van der Waals surface area (Å²) in [6.07, 6.45) is 0.252. The maximum atomic E-state index is 12.3. The maximum absolute atomic E-state index is 12.3. The first-order valence-corrected chi connectivity index (χ1v) is 9.04. The molecule has 7 nitrogen and oxygen atoms in total. The zero-order valence-corrected chi connectivity index (χ0v) is 16.6. The van der Waals surface area contributed by atoms with E-state index < -0.39 is 18.2 Å². The second-order valence-corrected chi connectivity index (χ2v) is 6.75. The number of carbonyl (C=O) groups is 2. The van der Waals surface area contributed by atoms with E-state index in [1.165, 1.54) is 12.0 Å². The molecule has 0 fully saturated rings. The van der Waals surface area contributed by atoms with E-state index in [4.69, 9.17) is 9.47 Å². The van der Waals surface area contributed by atoms with Crippen molar-refractivity contribution in [3.05, 3.63) is 59.4 Å². The Morgan fingerprint density at radius 1 is 1.18 bits per heavy atom. The van der Waals surface area contributed by atoms with E-state index in [0.717, 1.165) is 16.8 Å². The van der Waals surface area contributed by atoms with Crippen molar-refractivity contribution in [2.24, 2.45) is 0 Å². The molecular weight excluding hydrogens is 360 g/mol. The predicted octanol–water partition coefficient (Wildman–Crippen LogP) is 3.58. The summed E-state index contributed by atoms with van der Waals surface area (Å²) in [6.45, 7) is 5.74. The second-order valence-electron chi connectivity index (χ2n) is 6.75. The summed E-state index contributed by atoms with van der Waals surface area (Å²) in [7, 11) is 1.33. The summed E-state index contributed by atoms with van der Waals surface area (Å²) in [5.41, 5.74) is 3.13. The van der Waals surface area contributed by atoms with Gasteiger partial charge in [0.25, 0.3) is 0 Å². The topological polar surface area (TPSA) is 89.0 Å². The number of carboxylic acids is 1. The quantitative estimate of drug-likeness (QED) is 0.746. The molecule has 0 aliphatic carbocycles. The highest BCUT2D eigenvalue weighted by Crippen LogP contribution is 2.19. The van der Waals surface area contributed by atoms with Gasteiger partial charge in [-0.3, -0.25) is 9.88 Å². The van der Waals surface area contributed by atoms with Gasteiger partial charge in [0.1, 0.15) is 0 Å². The Morgan fingerprint density at radius 2 is 1.89 bits per heavy atom. The number of ether oxygens (including phenoxy) is 2. The lowest BCUT2D eigenvalue weighted by Crippen LogP contribution is -2.31. The number of methoxy groups -OCH3 is 1. The number of amides is 1. The van der Waals surface area contributed by atoms with E-state index in [0.29, 0.717) is 5.69 Å². The van der Waals surface area contributed by atoms with Crippen molar-refractivity contribution in [2.75, 3.05) is 12.0 Å². The molecule has 2 rings (SSSR count). The van der Waals surface area contributed by atoms with Crippen LogP contribution in [0.25, 0.3) is 0 Å². The number of aryl methyl sites for hydroxylation is 1. The Bertz CT molecular complexity index is 805. The van der Waals surface area contributed by atoms with Crippen LogP contribution in [0.3, 0.4) is 0 Å². The minimum atomic E-state index is -0.999. The second kappa shape index (κ2) is 9.85. The van der Waals surface area contributed by atoms with Crippen molar-refractivity contribution in [3.8, 4) is 0 Å². The Morgan fingerprint density at radius 3 is 2.46 bits per heavy atom. The third kappa shape index (κ3) is 6.06. The van der Waals surface area contributed by atoms with Crippen LogP contribution in [-0.2, 0) is 27.2 Å². The molecular formula is C21H26N2O5. The standard InChI is InChI=1S/C21H26N2O5/c1-14(2)28-19(20(24)25)11-16-6-5-7-17(10-16)13-23(21(26)27-4)18-9-8-15(3)22-12-18/h5-10,12,14,19H,11,13H2,1-4H3,(H,24,25). The van der Waals surface area contributed by atoms with E-state index in [-0.39, 0.29) is 19.1 Å². The lowest BCUT2D eigenvalue weighted by atomic mass is 10.0. The molecule has 0 spiro atoms. The Hall–Kier alpha value is -2.93. The molecule has 0 aliphatic heterocycles. The van der Waals surface area contributed by atoms with Gasteiger partial charge in [-0.25, -0.2) is 9.59 Å². The van der Waals surface area contributed by atoms with Crippen molar-refractivity contribution >= 4 is 17.7 Å². The Balaban J connectivity index is 2.21. The fourth-order valence-corrected chi connectivity index (χ4v) is 2.76. The molecule has 0 saturated heterocycles. The van der Waals surface area contributed by atoms with Crippen LogP contribution in [-0.4, -0.2) is 41.5 Å². The van der Waals surface area contributed by atoms with Crippen LogP contribution in [0, 0.1) is 6.92 Å². The number of hydrogen-bond acceptors (Lipinski definition) is 5. The lowest BCUT2D eigenvalue weighted by molar-refractivity contribution is -0.153. The minimum absolute atomic E-state index is 0.187. The number of aliphatic carboxylic acids is 1. The molecule has 1 N–H and O–H groups in total. The molecule has 7 heteroatoms. The largest absolute Gasteiger partial charge is 0.479 e. The average Bonchev–Trinajstić information content (AvgIpc) is 2.66. The van der Waals surface area contributed by atoms with Crippen molar-refractivity contribution in [3.63, 3.8) is 0 Å². The van der Waals surface area contributed by atoms with Crippen LogP contribution in [0.1, 0.15) is 30.7 Å². The van der Waals surface area contributed by atoms with E-state index in [1.54, 1.807) is 26.1 Å². The maximum Gasteiger partial charge on any atom is 0.414 e. The van der Waals surface area contributed by atoms with Crippen molar-refractivity contribution in [1.82, 2.24) is 4.98 Å². The molecule has 1 heterocycles. The van der Waals surface area contributed by atoms with Crippen LogP contribution in [0.15, 0.2) is 42.6 Å². The first kappa shape index (κ1) is 21.4. The molecule has 150 valence electrons. The molecule has 2 aromatic rings. The highest BCUT2D eigenvalue weighted by molar-refractivity contribution is 5.87. The van der Waals surface area contributed by atoms with Crippen molar-refractivity contribution in [2.45, 2.75) is 45.9 Å². The van der Waals surface area contributed by atoms with Crippen molar-refractivity contribution < 1.29 is 24.2 Å². The summed E-state index contributed by atoms with van der Waals surface area (Å²) >= 11 is 0. The van der Waals surface area contributed by atoms with Crippen LogP contribution in [0.5, 0.6) is 0 Å². The Labute approximate surface area is 164 Å². The number of rotatable bonds is 8. The van der Waals surface area contributed by atoms with Crippen LogP contribution in [0.2, 0.25) is 0 Å². The van der Waals surface area contributed by atoms with Gasteiger partial charge in [0, 0.05) is 12.1 Å². The number of nitrogens with zero attached hydrogens (tertiary/aromatic N) is 2. The molecule has 1 atom stereocenters. The van der Waals surface area contributed by atoms with Gasteiger partial charge in [-0.1, -0.05) is 24.3 Å². The van der Waals surface area contributed by atoms with Gasteiger partial charge < -0.3 is 14.6 Å². The van der Waals surface area contributed by atoms with Crippen LogP contribution >= 0.6 is 0 Å². The number of aromatic nitrogens is 1. The number of carboxylic acid groups (broad SMARTS) is 1. The number of hydrogen-bond donors (Lipinski definition) is 1. The normalized spacial score (nSPS) is 11.9. The summed E-state index contributed by atoms with van der Waals surface area (Å²) in [6, 6.07) is 11.1. The number of carbonyl (C=O) groups excluding carboxylic acids is 1. The van der Waals surface area contributed by atoms with E-state index in [1.807, 2.05) is 37.3 Å². The number of benzene rings is 1. The number of anilines is 1. The highest BCUT2D eigenvalue weighted by Gasteiger charge is 2.21. The molecule has 1 unspecified atom stereocenters. The van der Waals surface area contributed by atoms with Gasteiger partial charge in [0.2, 0.25) is 0 Å².